The minimum absolute atomic E-state index is 0.0832. The molecule has 0 aromatic heterocycles. The van der Waals surface area contributed by atoms with Gasteiger partial charge in [-0.15, -0.1) is 0 Å². The lowest BCUT2D eigenvalue weighted by atomic mass is 9.75. The van der Waals surface area contributed by atoms with Crippen molar-refractivity contribution in [3.05, 3.63) is 0 Å². The third-order valence-corrected chi connectivity index (χ3v) is 4.80. The average molecular weight is 372 g/mol. The molecule has 1 saturated carbocycles. The molecule has 0 spiro atoms. The van der Waals surface area contributed by atoms with E-state index < -0.39 is 48.4 Å². The maximum atomic E-state index is 12.8. The number of carbonyl (C=O) groups excluding carboxylic acids is 2. The maximum absolute atomic E-state index is 12.8. The number of rotatable bonds is 8. The van der Waals surface area contributed by atoms with Crippen molar-refractivity contribution in [3.8, 4) is 0 Å². The van der Waals surface area contributed by atoms with Gasteiger partial charge in [0, 0.05) is 6.92 Å². The second-order valence-electron chi connectivity index (χ2n) is 7.50. The van der Waals surface area contributed by atoms with E-state index >= 15 is 0 Å². The summed E-state index contributed by atoms with van der Waals surface area (Å²) in [6.07, 6.45) is 0.0541. The van der Waals surface area contributed by atoms with Crippen molar-refractivity contribution in [1.29, 1.82) is 0 Å². The lowest BCUT2D eigenvalue weighted by molar-refractivity contribution is -0.196. The fourth-order valence-corrected chi connectivity index (χ4v) is 3.58. The molecule has 1 rings (SSSR count). The molecule has 1 aliphatic carbocycles. The Kier molecular flexibility index (Phi) is 7.59. The summed E-state index contributed by atoms with van der Waals surface area (Å²) in [6.45, 7) is 7.04. The fourth-order valence-electron chi connectivity index (χ4n) is 3.58. The standard InChI is InChI=1S/C18H28O8/c1-10(2)13-6-5-11(3)7-14(13)25-17(24)18(8-15(20)21,9-16(22)23)26-12(4)19/h10-11,13-14H,5-9H2,1-4H3,(H,20,21)(H,22,23). The predicted molar refractivity (Wildman–Crippen MR) is 90.2 cm³/mol. The predicted octanol–water partition coefficient (Wildman–Crippen LogP) is 2.24. The van der Waals surface area contributed by atoms with Crippen LogP contribution in [-0.4, -0.2) is 45.8 Å². The molecule has 0 bridgehead atoms. The van der Waals surface area contributed by atoms with E-state index in [0.717, 1.165) is 19.8 Å². The molecule has 0 amide bonds. The van der Waals surface area contributed by atoms with Crippen LogP contribution in [0, 0.1) is 17.8 Å². The van der Waals surface area contributed by atoms with Crippen molar-refractivity contribution < 1.29 is 38.9 Å². The highest BCUT2D eigenvalue weighted by Gasteiger charge is 2.49. The Morgan fingerprint density at radius 1 is 1.08 bits per heavy atom. The Morgan fingerprint density at radius 3 is 2.04 bits per heavy atom. The van der Waals surface area contributed by atoms with Crippen LogP contribution in [0.15, 0.2) is 0 Å². The number of ether oxygens (including phenoxy) is 2. The zero-order valence-electron chi connectivity index (χ0n) is 15.7. The van der Waals surface area contributed by atoms with E-state index in [1.54, 1.807) is 0 Å². The van der Waals surface area contributed by atoms with E-state index in [-0.39, 0.29) is 11.8 Å². The SMILES string of the molecule is CC(=O)OC(CC(=O)O)(CC(=O)O)C(=O)OC1CC(C)CCC1C(C)C. The number of carboxylic acid groups (broad SMARTS) is 2. The van der Waals surface area contributed by atoms with Crippen LogP contribution in [0.4, 0.5) is 0 Å². The number of carboxylic acids is 2. The number of carbonyl (C=O) groups is 4. The van der Waals surface area contributed by atoms with E-state index in [1.165, 1.54) is 0 Å². The van der Waals surface area contributed by atoms with Gasteiger partial charge in [-0.25, -0.2) is 4.79 Å². The second-order valence-corrected chi connectivity index (χ2v) is 7.50. The van der Waals surface area contributed by atoms with Crippen molar-refractivity contribution in [2.24, 2.45) is 17.8 Å². The van der Waals surface area contributed by atoms with Crippen LogP contribution in [0.2, 0.25) is 0 Å². The van der Waals surface area contributed by atoms with Gasteiger partial charge in [-0.3, -0.25) is 14.4 Å². The maximum Gasteiger partial charge on any atom is 0.352 e. The van der Waals surface area contributed by atoms with Crippen LogP contribution in [0.1, 0.15) is 59.8 Å². The van der Waals surface area contributed by atoms with Crippen molar-refractivity contribution in [2.75, 3.05) is 0 Å². The van der Waals surface area contributed by atoms with Crippen molar-refractivity contribution >= 4 is 23.9 Å². The summed E-state index contributed by atoms with van der Waals surface area (Å²) in [5, 5.41) is 18.2. The van der Waals surface area contributed by atoms with Gasteiger partial charge in [0.1, 0.15) is 6.10 Å². The Morgan fingerprint density at radius 2 is 1.62 bits per heavy atom. The third-order valence-electron chi connectivity index (χ3n) is 4.80. The smallest absolute Gasteiger partial charge is 0.352 e. The van der Waals surface area contributed by atoms with Crippen molar-refractivity contribution in [1.82, 2.24) is 0 Å². The average Bonchev–Trinajstić information content (AvgIpc) is 2.44. The first-order valence-electron chi connectivity index (χ1n) is 8.81. The topological polar surface area (TPSA) is 127 Å². The molecular weight excluding hydrogens is 344 g/mol. The summed E-state index contributed by atoms with van der Waals surface area (Å²) in [5.74, 6) is -4.32. The van der Waals surface area contributed by atoms with Crippen molar-refractivity contribution in [3.63, 3.8) is 0 Å². The van der Waals surface area contributed by atoms with E-state index in [2.05, 4.69) is 0 Å². The van der Waals surface area contributed by atoms with E-state index in [1.807, 2.05) is 20.8 Å². The molecule has 8 heteroatoms. The minimum atomic E-state index is -2.37. The zero-order valence-corrected chi connectivity index (χ0v) is 15.7. The molecule has 26 heavy (non-hydrogen) atoms. The zero-order chi connectivity index (χ0) is 20.1. The van der Waals surface area contributed by atoms with Gasteiger partial charge in [0.15, 0.2) is 0 Å². The summed E-state index contributed by atoms with van der Waals surface area (Å²) in [7, 11) is 0. The van der Waals surface area contributed by atoms with Crippen LogP contribution in [0.3, 0.4) is 0 Å². The molecule has 3 atom stereocenters. The molecule has 2 N–H and O–H groups in total. The van der Waals surface area contributed by atoms with Gasteiger partial charge in [-0.1, -0.05) is 27.2 Å². The normalized spacial score (nSPS) is 23.3. The van der Waals surface area contributed by atoms with Crippen LogP contribution in [-0.2, 0) is 28.7 Å². The molecule has 0 aromatic carbocycles. The molecule has 148 valence electrons. The lowest BCUT2D eigenvalue weighted by Crippen LogP contribution is -2.50. The van der Waals surface area contributed by atoms with Gasteiger partial charge >= 0.3 is 23.9 Å². The van der Waals surface area contributed by atoms with Gasteiger partial charge in [-0.05, 0) is 30.6 Å². The molecule has 0 heterocycles. The van der Waals surface area contributed by atoms with E-state index in [4.69, 9.17) is 19.7 Å². The highest BCUT2D eigenvalue weighted by atomic mass is 16.6. The van der Waals surface area contributed by atoms with Gasteiger partial charge in [0.25, 0.3) is 0 Å². The molecule has 1 fully saturated rings. The molecule has 0 saturated heterocycles. The molecule has 8 nitrogen and oxygen atoms in total. The Balaban J connectivity index is 3.13. The summed E-state index contributed by atoms with van der Waals surface area (Å²) in [4.78, 5) is 46.6. The molecule has 1 aliphatic rings. The monoisotopic (exact) mass is 372 g/mol. The van der Waals surface area contributed by atoms with Gasteiger partial charge < -0.3 is 19.7 Å². The first-order valence-corrected chi connectivity index (χ1v) is 8.81. The van der Waals surface area contributed by atoms with E-state index in [0.29, 0.717) is 12.3 Å². The Bertz CT molecular complexity index is 513. The van der Waals surface area contributed by atoms with Crippen LogP contribution in [0.25, 0.3) is 0 Å². The molecular formula is C18H28O8. The molecule has 0 radical (unpaired) electrons. The number of aliphatic carboxylic acids is 2. The van der Waals surface area contributed by atoms with Gasteiger partial charge in [-0.2, -0.15) is 0 Å². The molecule has 3 unspecified atom stereocenters. The minimum Gasteiger partial charge on any atom is -0.481 e. The number of esters is 2. The largest absolute Gasteiger partial charge is 0.481 e. The van der Waals surface area contributed by atoms with E-state index in [9.17, 15) is 19.2 Å². The molecule has 0 aliphatic heterocycles. The summed E-state index contributed by atoms with van der Waals surface area (Å²) in [5.41, 5.74) is -2.37. The molecule has 0 aromatic rings. The lowest BCUT2D eigenvalue weighted by Gasteiger charge is -2.38. The van der Waals surface area contributed by atoms with Gasteiger partial charge in [0.2, 0.25) is 5.60 Å². The third kappa shape index (κ3) is 6.00. The number of hydrogen-bond donors (Lipinski definition) is 2. The summed E-state index contributed by atoms with van der Waals surface area (Å²) < 4.78 is 10.5. The Hall–Kier alpha value is -2.12. The van der Waals surface area contributed by atoms with Crippen LogP contribution >= 0.6 is 0 Å². The number of hydrogen-bond acceptors (Lipinski definition) is 6. The summed E-state index contributed by atoms with van der Waals surface area (Å²) in [6, 6.07) is 0. The summed E-state index contributed by atoms with van der Waals surface area (Å²) >= 11 is 0. The quantitative estimate of drug-likeness (QED) is 0.621. The Labute approximate surface area is 152 Å². The first kappa shape index (κ1) is 21.9. The highest BCUT2D eigenvalue weighted by Crippen LogP contribution is 2.37. The van der Waals surface area contributed by atoms with Gasteiger partial charge in [0.05, 0.1) is 12.8 Å². The fraction of sp³-hybridized carbons (Fsp3) is 0.778. The second kappa shape index (κ2) is 9.00. The van der Waals surface area contributed by atoms with Crippen LogP contribution in [0.5, 0.6) is 0 Å². The van der Waals surface area contributed by atoms with Crippen LogP contribution < -0.4 is 0 Å². The first-order chi connectivity index (χ1) is 12.0. The van der Waals surface area contributed by atoms with Crippen molar-refractivity contribution in [2.45, 2.75) is 71.5 Å². The highest BCUT2D eigenvalue weighted by molar-refractivity contribution is 5.91.